The van der Waals surface area contributed by atoms with Gasteiger partial charge in [-0.2, -0.15) is 0 Å². The number of nitrogens with zero attached hydrogens (tertiary/aromatic N) is 1. The first kappa shape index (κ1) is 16.6. The van der Waals surface area contributed by atoms with Gasteiger partial charge < -0.3 is 10.1 Å². The molecule has 3 unspecified atom stereocenters. The number of methoxy groups -OCH3 is 1. The largest absolute Gasteiger partial charge is 0.497 e. The number of benzene rings is 2. The second kappa shape index (κ2) is 6.46. The number of hydrogen-bond donors (Lipinski definition) is 2. The van der Waals surface area contributed by atoms with Gasteiger partial charge in [0.05, 0.1) is 7.11 Å². The Kier molecular flexibility index (Phi) is 4.12. The average Bonchev–Trinajstić information content (AvgIpc) is 2.99. The van der Waals surface area contributed by atoms with E-state index in [0.29, 0.717) is 0 Å². The molecule has 1 saturated heterocycles. The lowest BCUT2D eigenvalue weighted by molar-refractivity contribution is -0.130. The summed E-state index contributed by atoms with van der Waals surface area (Å²) >= 11 is 0. The first-order chi connectivity index (χ1) is 12.6. The van der Waals surface area contributed by atoms with E-state index in [4.69, 9.17) is 4.74 Å². The van der Waals surface area contributed by atoms with Crippen molar-refractivity contribution in [3.63, 3.8) is 0 Å². The highest BCUT2D eigenvalue weighted by atomic mass is 19.1. The number of ether oxygens (including phenoxy) is 1. The molecule has 2 heterocycles. The van der Waals surface area contributed by atoms with Gasteiger partial charge in [0.2, 0.25) is 0 Å². The third-order valence-corrected chi connectivity index (χ3v) is 4.96. The summed E-state index contributed by atoms with van der Waals surface area (Å²) in [6.45, 7) is 2.02. The van der Waals surface area contributed by atoms with E-state index in [1.807, 2.05) is 31.2 Å². The number of hydrogen-bond acceptors (Lipinski definition) is 4. The van der Waals surface area contributed by atoms with Crippen LogP contribution in [-0.2, 0) is 4.79 Å². The molecule has 2 aromatic carbocycles. The predicted octanol–water partition coefficient (Wildman–Crippen LogP) is 2.62. The lowest BCUT2D eigenvalue weighted by Gasteiger charge is -2.33. The van der Waals surface area contributed by atoms with Crippen LogP contribution in [0, 0.1) is 5.82 Å². The van der Waals surface area contributed by atoms with Crippen molar-refractivity contribution in [2.75, 3.05) is 7.11 Å². The molecule has 0 aliphatic carbocycles. The zero-order chi connectivity index (χ0) is 18.3. The summed E-state index contributed by atoms with van der Waals surface area (Å²) < 4.78 is 18.5. The van der Waals surface area contributed by atoms with Gasteiger partial charge in [0.1, 0.15) is 17.7 Å². The number of amides is 1. The molecule has 2 aliphatic heterocycles. The molecule has 0 spiro atoms. The number of fused-ring (bicyclic) bond motifs is 1. The maximum absolute atomic E-state index is 13.3. The highest BCUT2D eigenvalue weighted by molar-refractivity contribution is 5.96. The number of rotatable bonds is 3. The lowest BCUT2D eigenvalue weighted by Crippen LogP contribution is -2.52. The Labute approximate surface area is 151 Å². The Bertz CT molecular complexity index is 848. The second-order valence-electron chi connectivity index (χ2n) is 6.58. The fraction of sp³-hybridized carbons (Fsp3) is 0.250. The summed E-state index contributed by atoms with van der Waals surface area (Å²) in [5, 5.41) is 5.08. The molecule has 2 aromatic rings. The molecular formula is C20H20FN3O2. The topological polar surface area (TPSA) is 53.6 Å². The number of carbonyl (C=O) groups is 1. The van der Waals surface area contributed by atoms with Gasteiger partial charge in [-0.1, -0.05) is 12.1 Å². The molecule has 3 atom stereocenters. The molecule has 0 aromatic heterocycles. The van der Waals surface area contributed by atoms with Gasteiger partial charge in [-0.15, -0.1) is 0 Å². The average molecular weight is 353 g/mol. The molecule has 2 aliphatic rings. The summed E-state index contributed by atoms with van der Waals surface area (Å²) in [7, 11) is 1.62. The zero-order valence-corrected chi connectivity index (χ0v) is 14.6. The molecule has 6 heteroatoms. The Hall–Kier alpha value is -2.86. The minimum absolute atomic E-state index is 0.00139. The predicted molar refractivity (Wildman–Crippen MR) is 96.5 cm³/mol. The first-order valence-corrected chi connectivity index (χ1v) is 8.54. The van der Waals surface area contributed by atoms with Gasteiger partial charge in [0.15, 0.2) is 0 Å². The standard InChI is InChI=1S/C20H20FN3O2/c1-12-19(14-3-7-15(21)8-4-14)20-22-17(11-18(25)24(20)23-12)13-5-9-16(26-2)10-6-13/h3-12,19-20,22-23H,1-2H3. The minimum atomic E-state index is -0.268. The van der Waals surface area contributed by atoms with Crippen LogP contribution in [0.2, 0.25) is 0 Å². The number of carbonyl (C=O) groups excluding carboxylic acids is 1. The summed E-state index contributed by atoms with van der Waals surface area (Å²) in [4.78, 5) is 12.6. The maximum atomic E-state index is 13.3. The number of hydrazine groups is 1. The Balaban J connectivity index is 1.65. The van der Waals surface area contributed by atoms with Crippen molar-refractivity contribution in [1.82, 2.24) is 15.8 Å². The SMILES string of the molecule is COc1ccc(C2=CC(=O)N3NC(C)C(c4ccc(F)cc4)C3N2)cc1. The van der Waals surface area contributed by atoms with E-state index in [1.165, 1.54) is 12.1 Å². The van der Waals surface area contributed by atoms with Crippen molar-refractivity contribution in [3.8, 4) is 5.75 Å². The monoisotopic (exact) mass is 353 g/mol. The van der Waals surface area contributed by atoms with Gasteiger partial charge in [-0.05, 0) is 54.4 Å². The van der Waals surface area contributed by atoms with E-state index in [0.717, 1.165) is 22.6 Å². The molecule has 2 N–H and O–H groups in total. The van der Waals surface area contributed by atoms with Crippen LogP contribution in [0.15, 0.2) is 54.6 Å². The van der Waals surface area contributed by atoms with Gasteiger partial charge in [0, 0.05) is 23.7 Å². The Morgan fingerprint density at radius 3 is 2.42 bits per heavy atom. The van der Waals surface area contributed by atoms with Crippen molar-refractivity contribution in [2.45, 2.75) is 25.0 Å². The van der Waals surface area contributed by atoms with Crippen molar-refractivity contribution < 1.29 is 13.9 Å². The minimum Gasteiger partial charge on any atom is -0.497 e. The molecule has 1 amide bonds. The smallest absolute Gasteiger partial charge is 0.264 e. The molecule has 134 valence electrons. The van der Waals surface area contributed by atoms with Crippen molar-refractivity contribution in [2.24, 2.45) is 0 Å². The molecule has 0 saturated carbocycles. The van der Waals surface area contributed by atoms with E-state index >= 15 is 0 Å². The molecule has 1 fully saturated rings. The van der Waals surface area contributed by atoms with Gasteiger partial charge in [-0.3, -0.25) is 9.80 Å². The van der Waals surface area contributed by atoms with E-state index in [2.05, 4.69) is 10.7 Å². The van der Waals surface area contributed by atoms with Crippen molar-refractivity contribution in [1.29, 1.82) is 0 Å². The van der Waals surface area contributed by atoms with Crippen LogP contribution in [0.5, 0.6) is 5.75 Å². The molecular weight excluding hydrogens is 333 g/mol. The highest BCUT2D eigenvalue weighted by Gasteiger charge is 2.44. The highest BCUT2D eigenvalue weighted by Crippen LogP contribution is 2.34. The summed E-state index contributed by atoms with van der Waals surface area (Å²) in [6.07, 6.45) is 1.34. The fourth-order valence-corrected chi connectivity index (χ4v) is 3.66. The maximum Gasteiger partial charge on any atom is 0.264 e. The van der Waals surface area contributed by atoms with Gasteiger partial charge in [0.25, 0.3) is 5.91 Å². The molecule has 4 rings (SSSR count). The summed E-state index contributed by atoms with van der Waals surface area (Å²) in [5.74, 6) is 0.395. The van der Waals surface area contributed by atoms with Crippen molar-refractivity contribution in [3.05, 3.63) is 71.6 Å². The number of nitrogens with one attached hydrogen (secondary N) is 2. The first-order valence-electron chi connectivity index (χ1n) is 8.54. The molecule has 0 bridgehead atoms. The van der Waals surface area contributed by atoms with Gasteiger partial charge >= 0.3 is 0 Å². The summed E-state index contributed by atoms with van der Waals surface area (Å²) in [5.41, 5.74) is 5.88. The number of halogens is 1. The molecule has 26 heavy (non-hydrogen) atoms. The van der Waals surface area contributed by atoms with Crippen LogP contribution in [0.3, 0.4) is 0 Å². The zero-order valence-electron chi connectivity index (χ0n) is 14.6. The van der Waals surface area contributed by atoms with E-state index in [-0.39, 0.29) is 29.8 Å². The van der Waals surface area contributed by atoms with Crippen LogP contribution in [0.1, 0.15) is 24.0 Å². The van der Waals surface area contributed by atoms with Crippen LogP contribution >= 0.6 is 0 Å². The fourth-order valence-electron chi connectivity index (χ4n) is 3.66. The Morgan fingerprint density at radius 1 is 1.08 bits per heavy atom. The third kappa shape index (κ3) is 2.82. The molecule has 5 nitrogen and oxygen atoms in total. The van der Waals surface area contributed by atoms with Crippen LogP contribution in [0.4, 0.5) is 4.39 Å². The van der Waals surface area contributed by atoms with Crippen LogP contribution in [0.25, 0.3) is 5.70 Å². The quantitative estimate of drug-likeness (QED) is 0.891. The second-order valence-corrected chi connectivity index (χ2v) is 6.58. The van der Waals surface area contributed by atoms with E-state index in [1.54, 1.807) is 30.3 Å². The normalized spacial score (nSPS) is 24.7. The lowest BCUT2D eigenvalue weighted by atomic mass is 9.90. The summed E-state index contributed by atoms with van der Waals surface area (Å²) in [6, 6.07) is 14.1. The van der Waals surface area contributed by atoms with E-state index < -0.39 is 0 Å². The van der Waals surface area contributed by atoms with Crippen LogP contribution < -0.4 is 15.5 Å². The van der Waals surface area contributed by atoms with E-state index in [9.17, 15) is 9.18 Å². The van der Waals surface area contributed by atoms with Crippen LogP contribution in [-0.4, -0.2) is 30.2 Å². The Morgan fingerprint density at radius 2 is 1.77 bits per heavy atom. The third-order valence-electron chi connectivity index (χ3n) is 4.96. The van der Waals surface area contributed by atoms with Gasteiger partial charge in [-0.25, -0.2) is 9.82 Å². The molecule has 0 radical (unpaired) electrons. The van der Waals surface area contributed by atoms with Crippen molar-refractivity contribution >= 4 is 11.6 Å².